The maximum atomic E-state index is 12.7. The number of methoxy groups -OCH3 is 1. The summed E-state index contributed by atoms with van der Waals surface area (Å²) in [5.74, 6) is 1.13. The first-order valence-electron chi connectivity index (χ1n) is 18.0. The molecule has 4 N–H and O–H groups in total. The van der Waals surface area contributed by atoms with E-state index in [2.05, 4.69) is 48.1 Å². The Labute approximate surface area is 285 Å². The molecule has 0 aromatic rings. The van der Waals surface area contributed by atoms with Gasteiger partial charge in [0.2, 0.25) is 5.91 Å². The molecule has 9 atom stereocenters. The molecule has 0 aromatic carbocycles. The molecule has 1 saturated carbocycles. The SMILES string of the molecule is CO[C@@H]1[C@H](OC(=O)NCCCCCCCCNC(=O)CCCC[C@@H]2SC[C@@H]3NC(=O)N[C@@H]32)CC[C@]2(CO2)[C@H]1[C@@]1(C)O[C@@H]1CC=C(C)C. The van der Waals surface area contributed by atoms with E-state index >= 15 is 0 Å². The number of hydrogen-bond acceptors (Lipinski definition) is 8. The van der Waals surface area contributed by atoms with Crippen molar-refractivity contribution in [2.24, 2.45) is 5.92 Å². The molecule has 0 unspecified atom stereocenters. The Kier molecular flexibility index (Phi) is 12.8. The van der Waals surface area contributed by atoms with E-state index in [0.29, 0.717) is 24.8 Å². The van der Waals surface area contributed by atoms with Gasteiger partial charge in [-0.15, -0.1) is 0 Å². The Balaban J connectivity index is 0.864. The summed E-state index contributed by atoms with van der Waals surface area (Å²) in [4.78, 5) is 36.4. The molecule has 4 saturated heterocycles. The van der Waals surface area contributed by atoms with E-state index in [9.17, 15) is 14.4 Å². The fourth-order valence-electron chi connectivity index (χ4n) is 7.99. The predicted molar refractivity (Wildman–Crippen MR) is 182 cm³/mol. The fraction of sp³-hybridized carbons (Fsp3) is 0.857. The molecule has 0 radical (unpaired) electrons. The number of carbonyl (C=O) groups is 3. The normalized spacial score (nSPS) is 35.1. The van der Waals surface area contributed by atoms with Gasteiger partial charge in [-0.2, -0.15) is 11.8 Å². The summed E-state index contributed by atoms with van der Waals surface area (Å²) in [5.41, 5.74) is 0.704. The number of alkyl carbamates (subject to hydrolysis) is 1. The summed E-state index contributed by atoms with van der Waals surface area (Å²) in [5, 5.41) is 12.4. The van der Waals surface area contributed by atoms with Crippen LogP contribution in [0.3, 0.4) is 0 Å². The van der Waals surface area contributed by atoms with Gasteiger partial charge in [-0.3, -0.25) is 4.79 Å². The van der Waals surface area contributed by atoms with Gasteiger partial charge in [0.15, 0.2) is 0 Å². The lowest BCUT2D eigenvalue weighted by Gasteiger charge is -2.42. The first-order valence-corrected chi connectivity index (χ1v) is 19.1. The number of thioether (sulfide) groups is 1. The molecule has 5 aliphatic rings. The minimum absolute atomic E-state index is 0.0201. The molecular formula is C35H58N4O7S. The maximum absolute atomic E-state index is 12.7. The van der Waals surface area contributed by atoms with Crippen molar-refractivity contribution in [2.45, 2.75) is 151 Å². The van der Waals surface area contributed by atoms with Crippen LogP contribution < -0.4 is 21.3 Å². The number of ether oxygens (including phenoxy) is 4. The molecule has 266 valence electrons. The predicted octanol–water partition coefficient (Wildman–Crippen LogP) is 4.97. The number of amides is 4. The van der Waals surface area contributed by atoms with Gasteiger partial charge in [-0.05, 0) is 65.7 Å². The van der Waals surface area contributed by atoms with E-state index in [1.807, 2.05) is 11.8 Å². The number of allylic oxidation sites excluding steroid dienone is 1. The molecule has 4 aliphatic heterocycles. The number of hydrogen-bond donors (Lipinski definition) is 4. The Bertz CT molecular complexity index is 1120. The smallest absolute Gasteiger partial charge is 0.407 e. The van der Waals surface area contributed by atoms with E-state index in [4.69, 9.17) is 18.9 Å². The summed E-state index contributed by atoms with van der Waals surface area (Å²) in [6.07, 6.45) is 13.5. The van der Waals surface area contributed by atoms with Crippen LogP contribution in [-0.2, 0) is 23.7 Å². The van der Waals surface area contributed by atoms with Crippen molar-refractivity contribution < 1.29 is 33.3 Å². The quantitative estimate of drug-likeness (QED) is 0.0650. The maximum Gasteiger partial charge on any atom is 0.407 e. The monoisotopic (exact) mass is 678 g/mol. The van der Waals surface area contributed by atoms with Crippen LogP contribution in [0.4, 0.5) is 9.59 Å². The van der Waals surface area contributed by atoms with Crippen LogP contribution in [0, 0.1) is 5.92 Å². The number of carbonyl (C=O) groups excluding carboxylic acids is 3. The Hall–Kier alpha value is -2.02. The molecule has 4 amide bonds. The Morgan fingerprint density at radius 1 is 1.04 bits per heavy atom. The molecule has 0 bridgehead atoms. The first kappa shape index (κ1) is 36.3. The Morgan fingerprint density at radius 2 is 1.77 bits per heavy atom. The molecule has 11 nitrogen and oxygen atoms in total. The average Bonchev–Trinajstić information content (AvgIpc) is 3.86. The largest absolute Gasteiger partial charge is 0.443 e. The summed E-state index contributed by atoms with van der Waals surface area (Å²) in [6.45, 7) is 8.38. The minimum atomic E-state index is -0.382. The second kappa shape index (κ2) is 16.6. The summed E-state index contributed by atoms with van der Waals surface area (Å²) in [6, 6.07) is 0.451. The molecule has 1 spiro atoms. The van der Waals surface area contributed by atoms with Crippen molar-refractivity contribution >= 4 is 29.8 Å². The second-order valence-corrected chi connectivity index (χ2v) is 15.9. The lowest BCUT2D eigenvalue weighted by molar-refractivity contribution is -0.121. The highest BCUT2D eigenvalue weighted by molar-refractivity contribution is 8.00. The van der Waals surface area contributed by atoms with E-state index in [1.165, 1.54) is 5.57 Å². The second-order valence-electron chi connectivity index (χ2n) is 14.6. The zero-order valence-electron chi connectivity index (χ0n) is 28.9. The zero-order valence-corrected chi connectivity index (χ0v) is 29.7. The van der Waals surface area contributed by atoms with Crippen molar-refractivity contribution in [3.05, 3.63) is 11.6 Å². The van der Waals surface area contributed by atoms with Crippen molar-refractivity contribution in [1.82, 2.24) is 21.3 Å². The molecular weight excluding hydrogens is 620 g/mol. The van der Waals surface area contributed by atoms with E-state index in [-0.39, 0.29) is 65.5 Å². The highest BCUT2D eigenvalue weighted by Crippen LogP contribution is 2.59. The third kappa shape index (κ3) is 9.57. The van der Waals surface area contributed by atoms with E-state index < -0.39 is 0 Å². The molecule has 0 aromatic heterocycles. The van der Waals surface area contributed by atoms with Crippen LogP contribution in [0.5, 0.6) is 0 Å². The molecule has 4 heterocycles. The van der Waals surface area contributed by atoms with Crippen molar-refractivity contribution in [3.8, 4) is 0 Å². The number of unbranched alkanes of at least 4 members (excludes halogenated alkanes) is 6. The minimum Gasteiger partial charge on any atom is -0.443 e. The van der Waals surface area contributed by atoms with Gasteiger partial charge in [0.25, 0.3) is 0 Å². The summed E-state index contributed by atoms with van der Waals surface area (Å²) < 4.78 is 24.2. The van der Waals surface area contributed by atoms with Gasteiger partial charge in [-0.1, -0.05) is 43.8 Å². The van der Waals surface area contributed by atoms with Crippen molar-refractivity contribution in [3.63, 3.8) is 0 Å². The topological polar surface area (TPSA) is 143 Å². The number of urea groups is 1. The van der Waals surface area contributed by atoms with Crippen molar-refractivity contribution in [1.29, 1.82) is 0 Å². The van der Waals surface area contributed by atoms with Crippen LogP contribution in [0.2, 0.25) is 0 Å². The standard InChI is InChI=1S/C35H58N4O7S/c1-23(2)15-16-27-34(3,46-27)31-30(43-4)25(17-18-35(31)22-44-35)45-33(42)37-20-12-8-6-5-7-11-19-36-28(40)14-10-9-13-26-29-24(21-47-26)38-32(41)39-29/h15,24-27,29-31H,5-14,16-22H2,1-4H3,(H,36,40)(H,37,42)(H2,38,39,41)/t24-,25+,26-,27+,29-,30+,31+,34-,35-/m0/s1. The number of rotatable bonds is 19. The van der Waals surface area contributed by atoms with Gasteiger partial charge in [0, 0.05) is 37.6 Å². The average molecular weight is 679 g/mol. The fourth-order valence-corrected chi connectivity index (χ4v) is 9.53. The van der Waals surface area contributed by atoms with Gasteiger partial charge in [-0.25, -0.2) is 9.59 Å². The molecule has 5 fully saturated rings. The van der Waals surface area contributed by atoms with Crippen LogP contribution in [-0.4, -0.2) is 97.4 Å². The van der Waals surface area contributed by atoms with Gasteiger partial charge in [0.1, 0.15) is 23.4 Å². The van der Waals surface area contributed by atoms with Gasteiger partial charge in [0.05, 0.1) is 30.7 Å². The highest BCUT2D eigenvalue weighted by atomic mass is 32.2. The van der Waals surface area contributed by atoms with Crippen LogP contribution in [0.15, 0.2) is 11.6 Å². The molecule has 12 heteroatoms. The lowest BCUT2D eigenvalue weighted by atomic mass is 9.68. The highest BCUT2D eigenvalue weighted by Gasteiger charge is 2.72. The summed E-state index contributed by atoms with van der Waals surface area (Å²) >= 11 is 1.92. The molecule has 1 aliphatic carbocycles. The summed E-state index contributed by atoms with van der Waals surface area (Å²) in [7, 11) is 1.70. The molecule has 47 heavy (non-hydrogen) atoms. The van der Waals surface area contributed by atoms with Crippen LogP contribution >= 0.6 is 11.8 Å². The van der Waals surface area contributed by atoms with Crippen LogP contribution in [0.25, 0.3) is 0 Å². The lowest BCUT2D eigenvalue weighted by Crippen LogP contribution is -2.56. The van der Waals surface area contributed by atoms with E-state index in [1.54, 1.807) is 7.11 Å². The molecule has 5 rings (SSSR count). The number of fused-ring (bicyclic) bond motifs is 1. The third-order valence-electron chi connectivity index (χ3n) is 10.8. The van der Waals surface area contributed by atoms with E-state index in [0.717, 1.165) is 89.3 Å². The number of epoxide rings is 2. The van der Waals surface area contributed by atoms with Crippen molar-refractivity contribution in [2.75, 3.05) is 32.6 Å². The Morgan fingerprint density at radius 3 is 2.47 bits per heavy atom. The van der Waals surface area contributed by atoms with Gasteiger partial charge < -0.3 is 40.2 Å². The first-order chi connectivity index (χ1) is 22.6. The van der Waals surface area contributed by atoms with Crippen LogP contribution in [0.1, 0.15) is 104 Å². The van der Waals surface area contributed by atoms with Gasteiger partial charge >= 0.3 is 12.1 Å². The third-order valence-corrected chi connectivity index (χ3v) is 12.3. The zero-order chi connectivity index (χ0) is 33.4. The number of nitrogens with one attached hydrogen (secondary N) is 4.